The van der Waals surface area contributed by atoms with Crippen LogP contribution in [0.5, 0.6) is 5.88 Å². The molecule has 0 atom stereocenters. The number of pyridine rings is 1. The van der Waals surface area contributed by atoms with Crippen LogP contribution in [-0.2, 0) is 11.3 Å². The summed E-state index contributed by atoms with van der Waals surface area (Å²) in [6, 6.07) is 3.96. The normalized spacial score (nSPS) is 14.6. The van der Waals surface area contributed by atoms with E-state index in [1.54, 1.807) is 7.05 Å². The van der Waals surface area contributed by atoms with E-state index < -0.39 is 0 Å². The molecule has 0 saturated heterocycles. The highest BCUT2D eigenvalue weighted by atomic mass is 16.5. The molecule has 1 aromatic rings. The predicted molar refractivity (Wildman–Crippen MR) is 101 cm³/mol. The van der Waals surface area contributed by atoms with Crippen molar-refractivity contribution < 1.29 is 9.47 Å². The van der Waals surface area contributed by atoms with E-state index >= 15 is 0 Å². The van der Waals surface area contributed by atoms with Crippen molar-refractivity contribution in [1.29, 1.82) is 0 Å². The first-order valence-electron chi connectivity index (χ1n) is 9.27. The first kappa shape index (κ1) is 19.5. The van der Waals surface area contributed by atoms with Gasteiger partial charge >= 0.3 is 0 Å². The number of aromatic nitrogens is 1. The van der Waals surface area contributed by atoms with E-state index in [2.05, 4.69) is 34.5 Å². The van der Waals surface area contributed by atoms with E-state index in [0.29, 0.717) is 24.9 Å². The second-order valence-electron chi connectivity index (χ2n) is 6.91. The number of ether oxygens (including phenoxy) is 2. The molecule has 0 amide bonds. The lowest BCUT2D eigenvalue weighted by atomic mass is 10.1. The highest BCUT2D eigenvalue weighted by Crippen LogP contribution is 2.29. The van der Waals surface area contributed by atoms with Gasteiger partial charge in [-0.1, -0.05) is 19.9 Å². The summed E-state index contributed by atoms with van der Waals surface area (Å²) in [4.78, 5) is 8.57. The van der Waals surface area contributed by atoms with Gasteiger partial charge in [0.1, 0.15) is 0 Å². The van der Waals surface area contributed by atoms with Crippen molar-refractivity contribution in [1.82, 2.24) is 15.6 Å². The van der Waals surface area contributed by atoms with Crippen LogP contribution in [0.15, 0.2) is 23.3 Å². The third kappa shape index (κ3) is 8.72. The highest BCUT2D eigenvalue weighted by molar-refractivity contribution is 5.79. The fourth-order valence-corrected chi connectivity index (χ4v) is 2.16. The molecule has 0 spiro atoms. The lowest BCUT2D eigenvalue weighted by molar-refractivity contribution is 0.128. The Morgan fingerprint density at radius 1 is 1.28 bits per heavy atom. The Bertz CT molecular complexity index is 513. The van der Waals surface area contributed by atoms with Crippen molar-refractivity contribution in [2.75, 3.05) is 33.4 Å². The SMILES string of the molecule is CN=C(NCCOCCC(C)C)NCc1ccc(OCC2CC2)nc1. The number of guanidine groups is 1. The molecular weight excluding hydrogens is 316 g/mol. The van der Waals surface area contributed by atoms with Gasteiger partial charge in [0.15, 0.2) is 5.96 Å². The van der Waals surface area contributed by atoms with Crippen LogP contribution in [0.2, 0.25) is 0 Å². The van der Waals surface area contributed by atoms with Crippen LogP contribution in [-0.4, -0.2) is 44.4 Å². The van der Waals surface area contributed by atoms with Crippen molar-refractivity contribution >= 4 is 5.96 Å². The van der Waals surface area contributed by atoms with E-state index in [9.17, 15) is 0 Å². The van der Waals surface area contributed by atoms with Gasteiger partial charge in [-0.05, 0) is 36.7 Å². The summed E-state index contributed by atoms with van der Waals surface area (Å²) in [5.74, 6) is 2.90. The molecule has 6 nitrogen and oxygen atoms in total. The fraction of sp³-hybridized carbons (Fsp3) is 0.684. The summed E-state index contributed by atoms with van der Waals surface area (Å²) in [5, 5.41) is 6.52. The molecule has 2 N–H and O–H groups in total. The number of aliphatic imine (C=N–C) groups is 1. The fourth-order valence-electron chi connectivity index (χ4n) is 2.16. The van der Waals surface area contributed by atoms with Crippen molar-refractivity contribution in [3.8, 4) is 5.88 Å². The van der Waals surface area contributed by atoms with Gasteiger partial charge in [0.25, 0.3) is 0 Å². The largest absolute Gasteiger partial charge is 0.477 e. The standard InChI is InChI=1S/C19H32N4O2/c1-15(2)8-10-24-11-9-21-19(20-3)23-13-17-6-7-18(22-12-17)25-14-16-4-5-16/h6-7,12,15-16H,4-5,8-11,13-14H2,1-3H3,(H2,20,21,23). The molecule has 0 radical (unpaired) electrons. The van der Waals surface area contributed by atoms with Crippen molar-refractivity contribution in [3.63, 3.8) is 0 Å². The molecular formula is C19H32N4O2. The summed E-state index contributed by atoms with van der Waals surface area (Å²) in [5.41, 5.74) is 1.09. The maximum atomic E-state index is 5.65. The maximum absolute atomic E-state index is 5.65. The van der Waals surface area contributed by atoms with Crippen LogP contribution >= 0.6 is 0 Å². The predicted octanol–water partition coefficient (Wildman–Crippen LogP) is 2.60. The molecule has 25 heavy (non-hydrogen) atoms. The van der Waals surface area contributed by atoms with Crippen LogP contribution in [0, 0.1) is 11.8 Å². The minimum absolute atomic E-state index is 0.670. The summed E-state index contributed by atoms with van der Waals surface area (Å²) in [6.45, 7) is 8.10. The Morgan fingerprint density at radius 2 is 2.12 bits per heavy atom. The smallest absolute Gasteiger partial charge is 0.213 e. The van der Waals surface area contributed by atoms with Gasteiger partial charge in [0, 0.05) is 39.0 Å². The number of hydrogen-bond donors (Lipinski definition) is 2. The highest BCUT2D eigenvalue weighted by Gasteiger charge is 2.21. The van der Waals surface area contributed by atoms with Crippen LogP contribution < -0.4 is 15.4 Å². The second kappa shape index (κ2) is 10.9. The van der Waals surface area contributed by atoms with Gasteiger partial charge in [0.2, 0.25) is 5.88 Å². The van der Waals surface area contributed by atoms with E-state index in [-0.39, 0.29) is 0 Å². The zero-order valence-electron chi connectivity index (χ0n) is 15.8. The van der Waals surface area contributed by atoms with Gasteiger partial charge in [-0.25, -0.2) is 4.98 Å². The summed E-state index contributed by atoms with van der Waals surface area (Å²) >= 11 is 0. The topological polar surface area (TPSA) is 67.8 Å². The molecule has 2 rings (SSSR count). The molecule has 1 aliphatic rings. The molecule has 140 valence electrons. The molecule has 1 heterocycles. The van der Waals surface area contributed by atoms with Crippen LogP contribution in [0.4, 0.5) is 0 Å². The molecule has 1 aromatic heterocycles. The third-order valence-electron chi connectivity index (χ3n) is 4.02. The van der Waals surface area contributed by atoms with E-state index in [1.807, 2.05) is 18.3 Å². The van der Waals surface area contributed by atoms with Gasteiger partial charge < -0.3 is 20.1 Å². The molecule has 0 aliphatic heterocycles. The van der Waals surface area contributed by atoms with Gasteiger partial charge in [-0.2, -0.15) is 0 Å². The van der Waals surface area contributed by atoms with Crippen LogP contribution in [0.3, 0.4) is 0 Å². The number of nitrogens with one attached hydrogen (secondary N) is 2. The Labute approximate surface area is 151 Å². The Morgan fingerprint density at radius 3 is 2.76 bits per heavy atom. The third-order valence-corrected chi connectivity index (χ3v) is 4.02. The molecule has 0 bridgehead atoms. The Balaban J connectivity index is 1.59. The first-order valence-corrected chi connectivity index (χ1v) is 9.27. The molecule has 1 saturated carbocycles. The van der Waals surface area contributed by atoms with E-state index in [4.69, 9.17) is 9.47 Å². The number of rotatable bonds is 11. The lowest BCUT2D eigenvalue weighted by Crippen LogP contribution is -2.38. The Hall–Kier alpha value is -1.82. The second-order valence-corrected chi connectivity index (χ2v) is 6.91. The lowest BCUT2D eigenvalue weighted by Gasteiger charge is -2.12. The van der Waals surface area contributed by atoms with Crippen LogP contribution in [0.25, 0.3) is 0 Å². The zero-order valence-corrected chi connectivity index (χ0v) is 15.8. The first-order chi connectivity index (χ1) is 12.2. The summed E-state index contributed by atoms with van der Waals surface area (Å²) in [6.07, 6.45) is 5.52. The maximum Gasteiger partial charge on any atom is 0.213 e. The molecule has 6 heteroatoms. The molecule has 0 aromatic carbocycles. The molecule has 0 unspecified atom stereocenters. The molecule has 1 fully saturated rings. The average Bonchev–Trinajstić information content (AvgIpc) is 3.44. The van der Waals surface area contributed by atoms with Gasteiger partial charge in [-0.3, -0.25) is 4.99 Å². The monoisotopic (exact) mass is 348 g/mol. The summed E-state index contributed by atoms with van der Waals surface area (Å²) < 4.78 is 11.2. The van der Waals surface area contributed by atoms with Crippen LogP contribution in [0.1, 0.15) is 38.7 Å². The van der Waals surface area contributed by atoms with Crippen molar-refractivity contribution in [2.45, 2.75) is 39.7 Å². The van der Waals surface area contributed by atoms with Gasteiger partial charge in [-0.15, -0.1) is 0 Å². The molecule has 1 aliphatic carbocycles. The number of hydrogen-bond acceptors (Lipinski definition) is 4. The number of nitrogens with zero attached hydrogens (tertiary/aromatic N) is 2. The minimum Gasteiger partial charge on any atom is -0.477 e. The van der Waals surface area contributed by atoms with Crippen molar-refractivity contribution in [3.05, 3.63) is 23.9 Å². The average molecular weight is 348 g/mol. The summed E-state index contributed by atoms with van der Waals surface area (Å²) in [7, 11) is 1.77. The zero-order chi connectivity index (χ0) is 17.9. The van der Waals surface area contributed by atoms with E-state index in [1.165, 1.54) is 12.8 Å². The Kier molecular flexibility index (Phi) is 8.52. The quantitative estimate of drug-likeness (QED) is 0.365. The minimum atomic E-state index is 0.670. The van der Waals surface area contributed by atoms with Crippen molar-refractivity contribution in [2.24, 2.45) is 16.8 Å². The van der Waals surface area contributed by atoms with E-state index in [0.717, 1.165) is 43.6 Å². The van der Waals surface area contributed by atoms with Gasteiger partial charge in [0.05, 0.1) is 13.2 Å².